The van der Waals surface area contributed by atoms with Gasteiger partial charge in [-0.15, -0.1) is 6.42 Å². The van der Waals surface area contributed by atoms with E-state index in [1.165, 1.54) is 4.68 Å². The summed E-state index contributed by atoms with van der Waals surface area (Å²) in [6.45, 7) is 2.24. The number of anilines is 1. The molecule has 0 aliphatic rings. The number of carbonyl (C=O) groups is 1. The molecule has 0 unspecified atom stereocenters. The Balaban J connectivity index is 2.57. The molecule has 0 spiro atoms. The number of aryl methyl sites for hydroxylation is 1. The van der Waals surface area contributed by atoms with E-state index in [1.807, 2.05) is 31.2 Å². The Bertz CT molecular complexity index is 618. The first-order chi connectivity index (χ1) is 8.67. The summed E-state index contributed by atoms with van der Waals surface area (Å²) in [7, 11) is 0. The number of aldehydes is 1. The number of aromatic nitrogens is 2. The number of carbonyl (C=O) groups excluding carboxylic acids is 1. The maximum absolute atomic E-state index is 11.1. The van der Waals surface area contributed by atoms with Crippen molar-refractivity contribution in [3.63, 3.8) is 0 Å². The molecule has 0 radical (unpaired) electrons. The highest BCUT2D eigenvalue weighted by Gasteiger charge is 2.15. The van der Waals surface area contributed by atoms with Crippen molar-refractivity contribution in [2.24, 2.45) is 0 Å². The van der Waals surface area contributed by atoms with Gasteiger partial charge < -0.3 is 5.73 Å². The van der Waals surface area contributed by atoms with Crippen molar-refractivity contribution in [2.75, 3.05) is 5.73 Å². The summed E-state index contributed by atoms with van der Waals surface area (Å²) in [4.78, 5) is 11.1. The standard InChI is InChI=1S/C14H13N3O/c1-3-8-17-14(15)12(9-18)13(16-17)11-6-4-10(2)5-7-11/h1,4-7,9H,8,15H2,2H3. The van der Waals surface area contributed by atoms with Gasteiger partial charge in [0.1, 0.15) is 18.1 Å². The predicted molar refractivity (Wildman–Crippen MR) is 71.0 cm³/mol. The zero-order chi connectivity index (χ0) is 13.1. The van der Waals surface area contributed by atoms with Gasteiger partial charge in [-0.3, -0.25) is 4.79 Å². The zero-order valence-electron chi connectivity index (χ0n) is 10.1. The maximum Gasteiger partial charge on any atom is 0.156 e. The van der Waals surface area contributed by atoms with Gasteiger partial charge in [0.05, 0.1) is 5.56 Å². The Morgan fingerprint density at radius 1 is 1.44 bits per heavy atom. The highest BCUT2D eigenvalue weighted by Crippen LogP contribution is 2.25. The summed E-state index contributed by atoms with van der Waals surface area (Å²) in [6.07, 6.45) is 5.95. The lowest BCUT2D eigenvalue weighted by Crippen LogP contribution is -2.03. The van der Waals surface area contributed by atoms with Gasteiger partial charge in [0.2, 0.25) is 0 Å². The van der Waals surface area contributed by atoms with E-state index in [-0.39, 0.29) is 6.54 Å². The SMILES string of the molecule is C#CCn1nc(-c2ccc(C)cc2)c(C=O)c1N. The Hall–Kier alpha value is -2.54. The molecule has 0 aliphatic carbocycles. The third kappa shape index (κ3) is 1.98. The molecule has 18 heavy (non-hydrogen) atoms. The lowest BCUT2D eigenvalue weighted by molar-refractivity contribution is 0.112. The van der Waals surface area contributed by atoms with Crippen molar-refractivity contribution in [2.45, 2.75) is 13.5 Å². The number of hydrogen-bond donors (Lipinski definition) is 1. The molecule has 2 N–H and O–H groups in total. The molecule has 2 aromatic rings. The van der Waals surface area contributed by atoms with Crippen molar-refractivity contribution in [3.8, 4) is 23.6 Å². The molecule has 0 fully saturated rings. The van der Waals surface area contributed by atoms with Crippen LogP contribution in [0.1, 0.15) is 15.9 Å². The second-order valence-corrected chi connectivity index (χ2v) is 3.99. The van der Waals surface area contributed by atoms with Crippen LogP contribution in [-0.4, -0.2) is 16.1 Å². The zero-order valence-corrected chi connectivity index (χ0v) is 10.1. The molecule has 4 nitrogen and oxygen atoms in total. The summed E-state index contributed by atoms with van der Waals surface area (Å²) in [6, 6.07) is 7.73. The molecule has 0 amide bonds. The Morgan fingerprint density at radius 2 is 2.11 bits per heavy atom. The van der Waals surface area contributed by atoms with E-state index in [0.29, 0.717) is 23.4 Å². The van der Waals surface area contributed by atoms with Gasteiger partial charge in [-0.05, 0) is 6.92 Å². The molecular formula is C14H13N3O. The van der Waals surface area contributed by atoms with Gasteiger partial charge in [-0.25, -0.2) is 4.68 Å². The number of benzene rings is 1. The first-order valence-electron chi connectivity index (χ1n) is 5.49. The molecule has 0 bridgehead atoms. The number of nitrogens with two attached hydrogens (primary N) is 1. The van der Waals surface area contributed by atoms with E-state index < -0.39 is 0 Å². The number of nitrogens with zero attached hydrogens (tertiary/aromatic N) is 2. The first kappa shape index (κ1) is 11.9. The van der Waals surface area contributed by atoms with Crippen LogP contribution in [0.4, 0.5) is 5.82 Å². The first-order valence-corrected chi connectivity index (χ1v) is 5.49. The minimum Gasteiger partial charge on any atom is -0.383 e. The third-order valence-corrected chi connectivity index (χ3v) is 2.71. The van der Waals surface area contributed by atoms with Crippen LogP contribution in [0.3, 0.4) is 0 Å². The van der Waals surface area contributed by atoms with Crippen molar-refractivity contribution in [3.05, 3.63) is 35.4 Å². The molecule has 90 valence electrons. The molecular weight excluding hydrogens is 226 g/mol. The number of nitrogen functional groups attached to an aromatic ring is 1. The molecule has 1 heterocycles. The van der Waals surface area contributed by atoms with E-state index in [0.717, 1.165) is 11.1 Å². The Morgan fingerprint density at radius 3 is 2.67 bits per heavy atom. The molecule has 0 atom stereocenters. The lowest BCUT2D eigenvalue weighted by Gasteiger charge is -1.98. The Labute approximate surface area is 105 Å². The number of rotatable bonds is 3. The Kier molecular flexibility index (Phi) is 3.16. The van der Waals surface area contributed by atoms with E-state index >= 15 is 0 Å². The van der Waals surface area contributed by atoms with E-state index in [2.05, 4.69) is 11.0 Å². The van der Waals surface area contributed by atoms with Crippen LogP contribution in [0.15, 0.2) is 24.3 Å². The summed E-state index contributed by atoms with van der Waals surface area (Å²) in [5, 5.41) is 4.29. The smallest absolute Gasteiger partial charge is 0.156 e. The fraction of sp³-hybridized carbons (Fsp3) is 0.143. The highest BCUT2D eigenvalue weighted by atomic mass is 16.1. The van der Waals surface area contributed by atoms with Crippen LogP contribution in [0.5, 0.6) is 0 Å². The van der Waals surface area contributed by atoms with Gasteiger partial charge in [0, 0.05) is 5.56 Å². The van der Waals surface area contributed by atoms with Crippen molar-refractivity contribution in [1.29, 1.82) is 0 Å². The second-order valence-electron chi connectivity index (χ2n) is 3.99. The summed E-state index contributed by atoms with van der Waals surface area (Å²) >= 11 is 0. The minimum absolute atomic E-state index is 0.249. The van der Waals surface area contributed by atoms with E-state index in [1.54, 1.807) is 0 Å². The van der Waals surface area contributed by atoms with Gasteiger partial charge in [-0.1, -0.05) is 35.7 Å². The van der Waals surface area contributed by atoms with Crippen molar-refractivity contribution < 1.29 is 4.79 Å². The average Bonchev–Trinajstić information content (AvgIpc) is 2.68. The normalized spacial score (nSPS) is 10.0. The maximum atomic E-state index is 11.1. The van der Waals surface area contributed by atoms with E-state index in [9.17, 15) is 4.79 Å². The fourth-order valence-electron chi connectivity index (χ4n) is 1.74. The van der Waals surface area contributed by atoms with Crippen LogP contribution in [0.2, 0.25) is 0 Å². The van der Waals surface area contributed by atoms with Gasteiger partial charge >= 0.3 is 0 Å². The molecule has 0 saturated carbocycles. The number of terminal acetylenes is 1. The fourth-order valence-corrected chi connectivity index (χ4v) is 1.74. The van der Waals surface area contributed by atoms with Crippen molar-refractivity contribution in [1.82, 2.24) is 9.78 Å². The van der Waals surface area contributed by atoms with Crippen LogP contribution in [-0.2, 0) is 6.54 Å². The molecule has 1 aromatic carbocycles. The highest BCUT2D eigenvalue weighted by molar-refractivity contribution is 5.91. The van der Waals surface area contributed by atoms with Gasteiger partial charge in [0.25, 0.3) is 0 Å². The molecule has 4 heteroatoms. The van der Waals surface area contributed by atoms with Gasteiger partial charge in [0.15, 0.2) is 6.29 Å². The molecule has 0 saturated heterocycles. The summed E-state index contributed by atoms with van der Waals surface area (Å²) in [5.74, 6) is 2.76. The molecule has 1 aromatic heterocycles. The average molecular weight is 239 g/mol. The predicted octanol–water partition coefficient (Wildman–Crippen LogP) is 1.89. The summed E-state index contributed by atoms with van der Waals surface area (Å²) in [5.41, 5.74) is 8.79. The van der Waals surface area contributed by atoms with Crippen molar-refractivity contribution >= 4 is 12.1 Å². The van der Waals surface area contributed by atoms with Crippen LogP contribution < -0.4 is 5.73 Å². The number of hydrogen-bond acceptors (Lipinski definition) is 3. The lowest BCUT2D eigenvalue weighted by atomic mass is 10.1. The van der Waals surface area contributed by atoms with E-state index in [4.69, 9.17) is 12.2 Å². The second kappa shape index (κ2) is 4.76. The minimum atomic E-state index is 0.249. The molecule has 0 aliphatic heterocycles. The van der Waals surface area contributed by atoms with Gasteiger partial charge in [-0.2, -0.15) is 5.10 Å². The monoisotopic (exact) mass is 239 g/mol. The third-order valence-electron chi connectivity index (χ3n) is 2.71. The van der Waals surface area contributed by atoms with Crippen LogP contribution in [0, 0.1) is 19.3 Å². The quantitative estimate of drug-likeness (QED) is 0.657. The largest absolute Gasteiger partial charge is 0.383 e. The molecule has 2 rings (SSSR count). The summed E-state index contributed by atoms with van der Waals surface area (Å²) < 4.78 is 1.46. The topological polar surface area (TPSA) is 60.9 Å². The van der Waals surface area contributed by atoms with Crippen LogP contribution >= 0.6 is 0 Å². The van der Waals surface area contributed by atoms with Crippen LogP contribution in [0.25, 0.3) is 11.3 Å².